The number of aryl methyl sites for hydroxylation is 1. The topological polar surface area (TPSA) is 40.6 Å². The molecule has 1 fully saturated rings. The molecular formula is C27H40N2O2. The van der Waals surface area contributed by atoms with Gasteiger partial charge in [-0.1, -0.05) is 88.6 Å². The van der Waals surface area contributed by atoms with Crippen LogP contribution in [0.15, 0.2) is 30.0 Å². The Balaban J connectivity index is 1.68. The van der Waals surface area contributed by atoms with Gasteiger partial charge in [0.15, 0.2) is 0 Å². The molecule has 0 bridgehead atoms. The largest absolute Gasteiger partial charge is 0.366 e. The Morgan fingerprint density at radius 1 is 0.903 bits per heavy atom. The summed E-state index contributed by atoms with van der Waals surface area (Å²) < 4.78 is 0. The monoisotopic (exact) mass is 424 g/mol. The van der Waals surface area contributed by atoms with Gasteiger partial charge >= 0.3 is 0 Å². The number of amides is 2. The van der Waals surface area contributed by atoms with Gasteiger partial charge in [0.25, 0.3) is 11.8 Å². The Morgan fingerprint density at radius 3 is 2.19 bits per heavy atom. The summed E-state index contributed by atoms with van der Waals surface area (Å²) in [5.41, 5.74) is 3.28. The predicted molar refractivity (Wildman–Crippen MR) is 127 cm³/mol. The van der Waals surface area contributed by atoms with Crippen molar-refractivity contribution in [3.63, 3.8) is 0 Å². The van der Waals surface area contributed by atoms with Gasteiger partial charge in [-0.2, -0.15) is 0 Å². The second kappa shape index (κ2) is 11.5. The van der Waals surface area contributed by atoms with Gasteiger partial charge in [0.1, 0.15) is 5.70 Å². The molecule has 2 aliphatic heterocycles. The van der Waals surface area contributed by atoms with Crippen LogP contribution in [0.2, 0.25) is 0 Å². The maximum Gasteiger partial charge on any atom is 0.277 e. The van der Waals surface area contributed by atoms with Gasteiger partial charge in [0.05, 0.1) is 5.57 Å². The third-order valence-corrected chi connectivity index (χ3v) is 6.69. The summed E-state index contributed by atoms with van der Waals surface area (Å²) in [6.07, 6.45) is 11.9. The summed E-state index contributed by atoms with van der Waals surface area (Å²) in [6, 6.07) is 8.03. The van der Waals surface area contributed by atoms with Crippen LogP contribution < -0.4 is 0 Å². The highest BCUT2D eigenvalue weighted by molar-refractivity contribution is 6.35. The number of benzene rings is 1. The number of carbonyl (C=O) groups is 2. The molecule has 1 atom stereocenters. The zero-order valence-electron chi connectivity index (χ0n) is 19.8. The van der Waals surface area contributed by atoms with Crippen LogP contribution in [-0.4, -0.2) is 41.2 Å². The molecule has 2 amide bonds. The highest BCUT2D eigenvalue weighted by atomic mass is 16.2. The van der Waals surface area contributed by atoms with Gasteiger partial charge < -0.3 is 4.90 Å². The second-order valence-corrected chi connectivity index (χ2v) is 9.52. The molecule has 4 heteroatoms. The van der Waals surface area contributed by atoms with Crippen LogP contribution in [0.3, 0.4) is 0 Å². The standard InChI is InChI=1S/C27H40N2O2/c1-4-5-6-7-8-9-10-11-19-29-26(30)24(23-16-14-21(2)15-17-23)25(27(29)31)28-18-12-13-22(3)20-28/h14-17,22H,4-13,18-20H2,1-3H3. The molecule has 0 aromatic heterocycles. The lowest BCUT2D eigenvalue weighted by Crippen LogP contribution is -2.39. The smallest absolute Gasteiger partial charge is 0.277 e. The lowest BCUT2D eigenvalue weighted by Gasteiger charge is -2.33. The van der Waals surface area contributed by atoms with E-state index in [9.17, 15) is 9.59 Å². The molecule has 1 aromatic carbocycles. The average Bonchev–Trinajstić information content (AvgIpc) is 3.00. The SMILES string of the molecule is CCCCCCCCCCN1C(=O)C(c2ccc(C)cc2)=C(N2CCCC(C)C2)C1=O. The van der Waals surface area contributed by atoms with Crippen LogP contribution in [0.5, 0.6) is 0 Å². The molecule has 1 unspecified atom stereocenters. The van der Waals surface area contributed by atoms with E-state index in [0.29, 0.717) is 23.7 Å². The predicted octanol–water partition coefficient (Wildman–Crippen LogP) is 5.95. The van der Waals surface area contributed by atoms with Gasteiger partial charge in [0.2, 0.25) is 0 Å². The van der Waals surface area contributed by atoms with Crippen molar-refractivity contribution in [2.24, 2.45) is 5.92 Å². The molecule has 4 nitrogen and oxygen atoms in total. The normalized spacial score (nSPS) is 19.6. The van der Waals surface area contributed by atoms with Crippen LogP contribution >= 0.6 is 0 Å². The van der Waals surface area contributed by atoms with E-state index in [0.717, 1.165) is 43.5 Å². The fourth-order valence-corrected chi connectivity index (χ4v) is 4.84. The first-order chi connectivity index (χ1) is 15.0. The summed E-state index contributed by atoms with van der Waals surface area (Å²) in [5, 5.41) is 0. The van der Waals surface area contributed by atoms with E-state index < -0.39 is 0 Å². The van der Waals surface area contributed by atoms with E-state index in [-0.39, 0.29) is 11.8 Å². The molecule has 0 aliphatic carbocycles. The number of unbranched alkanes of at least 4 members (excludes halogenated alkanes) is 7. The number of rotatable bonds is 11. The minimum Gasteiger partial charge on any atom is -0.366 e. The minimum atomic E-state index is -0.106. The third kappa shape index (κ3) is 5.99. The van der Waals surface area contributed by atoms with Crippen LogP contribution in [0.25, 0.3) is 5.57 Å². The fourth-order valence-electron chi connectivity index (χ4n) is 4.84. The molecule has 1 saturated heterocycles. The van der Waals surface area contributed by atoms with E-state index >= 15 is 0 Å². The maximum absolute atomic E-state index is 13.4. The highest BCUT2D eigenvalue weighted by Crippen LogP contribution is 2.34. The Kier molecular flexibility index (Phi) is 8.74. The van der Waals surface area contributed by atoms with Gasteiger partial charge in [-0.05, 0) is 37.7 Å². The number of hydrogen-bond donors (Lipinski definition) is 0. The van der Waals surface area contributed by atoms with Crippen molar-refractivity contribution < 1.29 is 9.59 Å². The molecule has 31 heavy (non-hydrogen) atoms. The third-order valence-electron chi connectivity index (χ3n) is 6.69. The van der Waals surface area contributed by atoms with E-state index in [1.54, 1.807) is 0 Å². The maximum atomic E-state index is 13.4. The molecule has 170 valence electrons. The number of piperidine rings is 1. The van der Waals surface area contributed by atoms with Crippen molar-refractivity contribution >= 4 is 17.4 Å². The number of hydrogen-bond acceptors (Lipinski definition) is 3. The van der Waals surface area contributed by atoms with Gasteiger partial charge in [-0.25, -0.2) is 0 Å². The first-order valence-corrected chi connectivity index (χ1v) is 12.5. The van der Waals surface area contributed by atoms with Crippen LogP contribution in [0.4, 0.5) is 0 Å². The van der Waals surface area contributed by atoms with Crippen molar-refractivity contribution in [3.05, 3.63) is 41.1 Å². The lowest BCUT2D eigenvalue weighted by atomic mass is 9.97. The zero-order valence-corrected chi connectivity index (χ0v) is 19.8. The van der Waals surface area contributed by atoms with Crippen molar-refractivity contribution in [3.8, 4) is 0 Å². The molecule has 0 radical (unpaired) electrons. The van der Waals surface area contributed by atoms with Crippen molar-refractivity contribution in [2.45, 2.75) is 85.0 Å². The van der Waals surface area contributed by atoms with E-state index in [2.05, 4.69) is 18.7 Å². The Labute approximate surface area is 188 Å². The quantitative estimate of drug-likeness (QED) is 0.326. The number of imide groups is 1. The van der Waals surface area contributed by atoms with Crippen LogP contribution in [-0.2, 0) is 9.59 Å². The Morgan fingerprint density at radius 2 is 1.55 bits per heavy atom. The van der Waals surface area contributed by atoms with Gasteiger partial charge in [0, 0.05) is 19.6 Å². The van der Waals surface area contributed by atoms with E-state index in [4.69, 9.17) is 0 Å². The van der Waals surface area contributed by atoms with Gasteiger partial charge in [-0.3, -0.25) is 14.5 Å². The summed E-state index contributed by atoms with van der Waals surface area (Å²) >= 11 is 0. The molecule has 3 rings (SSSR count). The fraction of sp³-hybridized carbons (Fsp3) is 0.630. The first kappa shape index (κ1) is 23.6. The molecule has 0 N–H and O–H groups in total. The molecule has 0 spiro atoms. The Bertz CT molecular complexity index is 781. The lowest BCUT2D eigenvalue weighted by molar-refractivity contribution is -0.137. The summed E-state index contributed by atoms with van der Waals surface area (Å²) in [7, 11) is 0. The summed E-state index contributed by atoms with van der Waals surface area (Å²) in [4.78, 5) is 30.5. The first-order valence-electron chi connectivity index (χ1n) is 12.5. The molecule has 1 aromatic rings. The highest BCUT2D eigenvalue weighted by Gasteiger charge is 2.41. The Hall–Kier alpha value is -2.10. The van der Waals surface area contributed by atoms with Crippen molar-refractivity contribution in [2.75, 3.05) is 19.6 Å². The average molecular weight is 425 g/mol. The van der Waals surface area contributed by atoms with Crippen LogP contribution in [0, 0.1) is 12.8 Å². The second-order valence-electron chi connectivity index (χ2n) is 9.52. The number of likely N-dealkylation sites (tertiary alicyclic amines) is 1. The summed E-state index contributed by atoms with van der Waals surface area (Å²) in [6.45, 7) is 8.77. The molecule has 2 heterocycles. The van der Waals surface area contributed by atoms with Gasteiger partial charge in [-0.15, -0.1) is 0 Å². The van der Waals surface area contributed by atoms with Crippen molar-refractivity contribution in [1.82, 2.24) is 9.80 Å². The molecule has 0 saturated carbocycles. The summed E-state index contributed by atoms with van der Waals surface area (Å²) in [5.74, 6) is 0.354. The minimum absolute atomic E-state index is 0.0855. The van der Waals surface area contributed by atoms with E-state index in [1.165, 1.54) is 49.8 Å². The molecular weight excluding hydrogens is 384 g/mol. The van der Waals surface area contributed by atoms with E-state index in [1.807, 2.05) is 31.2 Å². The number of nitrogens with zero attached hydrogens (tertiary/aromatic N) is 2. The van der Waals surface area contributed by atoms with Crippen LogP contribution in [0.1, 0.15) is 89.2 Å². The molecule has 2 aliphatic rings. The van der Waals surface area contributed by atoms with Crippen molar-refractivity contribution in [1.29, 1.82) is 0 Å². The zero-order chi connectivity index (χ0) is 22.2. The number of carbonyl (C=O) groups excluding carboxylic acids is 2.